The van der Waals surface area contributed by atoms with Gasteiger partial charge in [-0.3, -0.25) is 14.8 Å². The van der Waals surface area contributed by atoms with Crippen LogP contribution in [0.3, 0.4) is 0 Å². The van der Waals surface area contributed by atoms with Crippen LogP contribution in [0, 0.1) is 0 Å². The van der Waals surface area contributed by atoms with Crippen LogP contribution in [0.15, 0.2) is 35.1 Å². The lowest BCUT2D eigenvalue weighted by atomic mass is 10.0. The molecule has 24 heavy (non-hydrogen) atoms. The number of morpholine rings is 1. The molecule has 0 aromatic carbocycles. The highest BCUT2D eigenvalue weighted by atomic mass is 16.5. The Morgan fingerprint density at radius 2 is 1.92 bits per heavy atom. The highest BCUT2D eigenvalue weighted by molar-refractivity contribution is 5.57. The van der Waals surface area contributed by atoms with Crippen LogP contribution in [-0.2, 0) is 11.3 Å². The van der Waals surface area contributed by atoms with Gasteiger partial charge in [0.25, 0.3) is 0 Å². The number of likely N-dealkylation sites (N-methyl/N-ethyl adjacent to an activating group) is 1. The van der Waals surface area contributed by atoms with Gasteiger partial charge in [-0.25, -0.2) is 0 Å². The molecule has 0 unspecified atom stereocenters. The summed E-state index contributed by atoms with van der Waals surface area (Å²) in [6, 6.07) is 5.88. The van der Waals surface area contributed by atoms with Gasteiger partial charge in [-0.05, 0) is 33.0 Å². The Morgan fingerprint density at radius 1 is 1.21 bits per heavy atom. The summed E-state index contributed by atoms with van der Waals surface area (Å²) >= 11 is 0. The molecule has 2 aromatic rings. The van der Waals surface area contributed by atoms with Gasteiger partial charge in [0.15, 0.2) is 5.76 Å². The van der Waals surface area contributed by atoms with Crippen molar-refractivity contribution in [3.05, 3.63) is 36.4 Å². The van der Waals surface area contributed by atoms with E-state index in [4.69, 9.17) is 9.26 Å². The largest absolute Gasteiger partial charge is 0.379 e. The van der Waals surface area contributed by atoms with E-state index in [0.29, 0.717) is 0 Å². The Hall–Kier alpha value is -1.76. The second-order valence-corrected chi connectivity index (χ2v) is 7.00. The van der Waals surface area contributed by atoms with Crippen LogP contribution in [-0.4, -0.2) is 65.4 Å². The predicted octanol–water partition coefficient (Wildman–Crippen LogP) is 2.28. The van der Waals surface area contributed by atoms with E-state index < -0.39 is 0 Å². The number of ether oxygens (including phenoxy) is 1. The van der Waals surface area contributed by atoms with Crippen LogP contribution in [0.5, 0.6) is 0 Å². The molecule has 0 amide bonds. The molecule has 6 nitrogen and oxygen atoms in total. The van der Waals surface area contributed by atoms with Crippen LogP contribution in [0.25, 0.3) is 11.3 Å². The highest BCUT2D eigenvalue weighted by Crippen LogP contribution is 2.21. The fourth-order valence-electron chi connectivity index (χ4n) is 3.30. The zero-order valence-corrected chi connectivity index (χ0v) is 14.7. The molecule has 1 fully saturated rings. The molecule has 3 heterocycles. The summed E-state index contributed by atoms with van der Waals surface area (Å²) in [6.45, 7) is 9.92. The fourth-order valence-corrected chi connectivity index (χ4v) is 3.30. The Bertz CT molecular complexity index is 635. The lowest BCUT2D eigenvalue weighted by molar-refractivity contribution is -0.0205. The molecular formula is C18H26N4O2. The van der Waals surface area contributed by atoms with E-state index in [1.165, 1.54) is 0 Å². The molecule has 0 radical (unpaired) electrons. The normalized spacial score (nSPS) is 16.7. The molecule has 0 aliphatic carbocycles. The van der Waals surface area contributed by atoms with Crippen LogP contribution < -0.4 is 0 Å². The van der Waals surface area contributed by atoms with Gasteiger partial charge in [0.1, 0.15) is 5.69 Å². The molecule has 2 aromatic heterocycles. The number of pyridine rings is 1. The molecule has 0 saturated carbocycles. The van der Waals surface area contributed by atoms with Crippen molar-refractivity contribution in [1.82, 2.24) is 19.9 Å². The summed E-state index contributed by atoms with van der Waals surface area (Å²) in [5, 5.41) is 4.17. The minimum atomic E-state index is 0.104. The Kier molecular flexibility index (Phi) is 5.28. The summed E-state index contributed by atoms with van der Waals surface area (Å²) in [7, 11) is 2.12. The number of hydrogen-bond donors (Lipinski definition) is 0. The third-order valence-corrected chi connectivity index (χ3v) is 4.48. The van der Waals surface area contributed by atoms with Crippen LogP contribution in [0.1, 0.15) is 19.6 Å². The minimum absolute atomic E-state index is 0.104. The van der Waals surface area contributed by atoms with E-state index in [-0.39, 0.29) is 5.54 Å². The molecule has 0 spiro atoms. The summed E-state index contributed by atoms with van der Waals surface area (Å²) in [4.78, 5) is 8.81. The molecule has 3 rings (SSSR count). The zero-order valence-electron chi connectivity index (χ0n) is 14.7. The van der Waals surface area contributed by atoms with E-state index >= 15 is 0 Å². The smallest absolute Gasteiger partial charge is 0.151 e. The highest BCUT2D eigenvalue weighted by Gasteiger charge is 2.29. The zero-order chi connectivity index (χ0) is 17.0. The van der Waals surface area contributed by atoms with E-state index in [0.717, 1.165) is 56.4 Å². The van der Waals surface area contributed by atoms with E-state index in [9.17, 15) is 0 Å². The molecule has 0 bridgehead atoms. The third kappa shape index (κ3) is 4.20. The molecule has 0 N–H and O–H groups in total. The second-order valence-electron chi connectivity index (χ2n) is 7.00. The quantitative estimate of drug-likeness (QED) is 0.810. The summed E-state index contributed by atoms with van der Waals surface area (Å²) in [6.07, 6.45) is 3.53. The van der Waals surface area contributed by atoms with Crippen molar-refractivity contribution in [3.63, 3.8) is 0 Å². The number of rotatable bonds is 6. The first-order valence-electron chi connectivity index (χ1n) is 8.42. The standard InChI is InChI=1S/C18H26N4O2/c1-18(2,22-8-10-23-11-9-22)14-21(3)13-16-12-17(20-24-16)15-4-6-19-7-5-15/h4-7,12H,8-11,13-14H2,1-3H3. The molecule has 1 aliphatic heterocycles. The lowest BCUT2D eigenvalue weighted by Crippen LogP contribution is -2.54. The van der Waals surface area contributed by atoms with Crippen molar-refractivity contribution in [2.75, 3.05) is 39.9 Å². The van der Waals surface area contributed by atoms with Crippen LogP contribution >= 0.6 is 0 Å². The van der Waals surface area contributed by atoms with Crippen molar-refractivity contribution in [2.24, 2.45) is 0 Å². The topological polar surface area (TPSA) is 54.6 Å². The van der Waals surface area contributed by atoms with Gasteiger partial charge >= 0.3 is 0 Å². The molecule has 0 atom stereocenters. The molecule has 1 aliphatic rings. The monoisotopic (exact) mass is 330 g/mol. The maximum Gasteiger partial charge on any atom is 0.151 e. The van der Waals surface area contributed by atoms with Gasteiger partial charge in [0.05, 0.1) is 19.8 Å². The molecule has 130 valence electrons. The Balaban J connectivity index is 1.58. The van der Waals surface area contributed by atoms with Crippen molar-refractivity contribution in [2.45, 2.75) is 25.9 Å². The van der Waals surface area contributed by atoms with E-state index in [1.54, 1.807) is 12.4 Å². The SMILES string of the molecule is CN(Cc1cc(-c2ccncc2)no1)CC(C)(C)N1CCOCC1. The number of nitrogens with zero attached hydrogens (tertiary/aromatic N) is 4. The van der Waals surface area contributed by atoms with Crippen molar-refractivity contribution >= 4 is 0 Å². The molecular weight excluding hydrogens is 304 g/mol. The Morgan fingerprint density at radius 3 is 2.62 bits per heavy atom. The lowest BCUT2D eigenvalue weighted by Gasteiger charge is -2.42. The molecule has 1 saturated heterocycles. The first kappa shape index (κ1) is 17.1. The maximum absolute atomic E-state index is 5.50. The van der Waals surface area contributed by atoms with Crippen molar-refractivity contribution < 1.29 is 9.26 Å². The predicted molar refractivity (Wildman–Crippen MR) is 92.5 cm³/mol. The minimum Gasteiger partial charge on any atom is -0.379 e. The van der Waals surface area contributed by atoms with Gasteiger partial charge in [0.2, 0.25) is 0 Å². The van der Waals surface area contributed by atoms with Gasteiger partial charge in [-0.2, -0.15) is 0 Å². The Labute approximate surface area is 143 Å². The average Bonchev–Trinajstić information content (AvgIpc) is 3.04. The van der Waals surface area contributed by atoms with Crippen molar-refractivity contribution in [1.29, 1.82) is 0 Å². The van der Waals surface area contributed by atoms with Gasteiger partial charge in [-0.1, -0.05) is 5.16 Å². The first-order valence-corrected chi connectivity index (χ1v) is 8.42. The van der Waals surface area contributed by atoms with E-state index in [2.05, 4.69) is 40.8 Å². The van der Waals surface area contributed by atoms with Crippen molar-refractivity contribution in [3.8, 4) is 11.3 Å². The van der Waals surface area contributed by atoms with Crippen LogP contribution in [0.2, 0.25) is 0 Å². The summed E-state index contributed by atoms with van der Waals surface area (Å²) < 4.78 is 11.0. The van der Waals surface area contributed by atoms with E-state index in [1.807, 2.05) is 18.2 Å². The third-order valence-electron chi connectivity index (χ3n) is 4.48. The fraction of sp³-hybridized carbons (Fsp3) is 0.556. The van der Waals surface area contributed by atoms with Gasteiger partial charge in [0, 0.05) is 49.2 Å². The number of aromatic nitrogens is 2. The number of hydrogen-bond acceptors (Lipinski definition) is 6. The maximum atomic E-state index is 5.50. The average molecular weight is 330 g/mol. The second kappa shape index (κ2) is 7.42. The first-order chi connectivity index (χ1) is 11.5. The summed E-state index contributed by atoms with van der Waals surface area (Å²) in [5.41, 5.74) is 1.98. The molecule has 6 heteroatoms. The summed E-state index contributed by atoms with van der Waals surface area (Å²) in [5.74, 6) is 0.877. The van der Waals surface area contributed by atoms with Gasteiger partial charge < -0.3 is 9.26 Å². The van der Waals surface area contributed by atoms with Gasteiger partial charge in [-0.15, -0.1) is 0 Å². The van der Waals surface area contributed by atoms with Crippen LogP contribution in [0.4, 0.5) is 0 Å².